The number of nitro groups is 1. The number of hydrogen-bond acceptors (Lipinski definition) is 4. The van der Waals surface area contributed by atoms with Gasteiger partial charge in [-0.25, -0.2) is 0 Å². The second kappa shape index (κ2) is 5.24. The maximum absolute atomic E-state index is 12.3. The van der Waals surface area contributed by atoms with E-state index < -0.39 is 16.9 Å². The van der Waals surface area contributed by atoms with Crippen molar-refractivity contribution >= 4 is 23.2 Å². The molecule has 0 aliphatic carbocycles. The van der Waals surface area contributed by atoms with Crippen molar-refractivity contribution < 1.29 is 9.72 Å². The standard InChI is InChI=1S/C12H10ClN3O3/c13-11-9(4-1-5-10(11)16(18)19)12(17)15-6-2-3-8(15)7-14/h1,4-5,8H,2-3,6H2. The van der Waals surface area contributed by atoms with Gasteiger partial charge in [0.25, 0.3) is 11.6 Å². The third kappa shape index (κ3) is 2.37. The number of carbonyl (C=O) groups excluding carboxylic acids is 1. The van der Waals surface area contributed by atoms with E-state index in [1.807, 2.05) is 6.07 Å². The number of nitro benzene ring substituents is 1. The van der Waals surface area contributed by atoms with Crippen LogP contribution >= 0.6 is 11.6 Å². The molecule has 1 atom stereocenters. The number of halogens is 1. The van der Waals surface area contributed by atoms with E-state index in [1.165, 1.54) is 23.1 Å². The van der Waals surface area contributed by atoms with Crippen molar-refractivity contribution in [2.24, 2.45) is 0 Å². The molecule has 7 heteroatoms. The fourth-order valence-corrected chi connectivity index (χ4v) is 2.40. The topological polar surface area (TPSA) is 87.2 Å². The Balaban J connectivity index is 2.37. The van der Waals surface area contributed by atoms with Crippen LogP contribution in [0.2, 0.25) is 5.02 Å². The number of likely N-dealkylation sites (tertiary alicyclic amines) is 1. The summed E-state index contributed by atoms with van der Waals surface area (Å²) in [5.41, 5.74) is -0.238. The van der Waals surface area contributed by atoms with Crippen LogP contribution in [0.3, 0.4) is 0 Å². The van der Waals surface area contributed by atoms with Crippen molar-refractivity contribution in [3.8, 4) is 6.07 Å². The summed E-state index contributed by atoms with van der Waals surface area (Å²) in [6, 6.07) is 5.65. The minimum absolute atomic E-state index is 0.0676. The molecule has 98 valence electrons. The Morgan fingerprint density at radius 3 is 2.95 bits per heavy atom. The molecule has 0 bridgehead atoms. The molecule has 0 aromatic heterocycles. The van der Waals surface area contributed by atoms with Crippen LogP contribution in [0.1, 0.15) is 23.2 Å². The zero-order chi connectivity index (χ0) is 14.0. The van der Waals surface area contributed by atoms with Gasteiger partial charge in [-0.3, -0.25) is 14.9 Å². The monoisotopic (exact) mass is 279 g/mol. The van der Waals surface area contributed by atoms with Gasteiger partial charge in [0.05, 0.1) is 16.6 Å². The summed E-state index contributed by atoms with van der Waals surface area (Å²) in [6.07, 6.45) is 1.37. The highest BCUT2D eigenvalue weighted by atomic mass is 35.5. The Labute approximate surface area is 114 Å². The van der Waals surface area contributed by atoms with Crippen LogP contribution < -0.4 is 0 Å². The molecule has 0 N–H and O–H groups in total. The summed E-state index contributed by atoms with van der Waals surface area (Å²) in [5, 5.41) is 19.6. The van der Waals surface area contributed by atoms with E-state index in [4.69, 9.17) is 16.9 Å². The van der Waals surface area contributed by atoms with E-state index in [9.17, 15) is 14.9 Å². The first kappa shape index (κ1) is 13.3. The molecule has 1 aliphatic heterocycles. The fourth-order valence-electron chi connectivity index (χ4n) is 2.12. The minimum Gasteiger partial charge on any atom is -0.323 e. The SMILES string of the molecule is N#CC1CCCN1C(=O)c1cccc([N+](=O)[O-])c1Cl. The second-order valence-electron chi connectivity index (χ2n) is 4.18. The van der Waals surface area contributed by atoms with Crippen LogP contribution in [0.4, 0.5) is 5.69 Å². The Kier molecular flexibility index (Phi) is 3.67. The molecule has 1 saturated heterocycles. The Morgan fingerprint density at radius 2 is 2.32 bits per heavy atom. The summed E-state index contributed by atoms with van der Waals surface area (Å²) < 4.78 is 0. The molecular weight excluding hydrogens is 270 g/mol. The molecule has 1 fully saturated rings. The van der Waals surface area contributed by atoms with Gasteiger partial charge in [-0.15, -0.1) is 0 Å². The van der Waals surface area contributed by atoms with E-state index in [2.05, 4.69) is 0 Å². The molecule has 2 rings (SSSR count). The van der Waals surface area contributed by atoms with Crippen molar-refractivity contribution in [3.63, 3.8) is 0 Å². The van der Waals surface area contributed by atoms with E-state index in [0.29, 0.717) is 13.0 Å². The Hall–Kier alpha value is -2.13. The number of rotatable bonds is 2. The largest absolute Gasteiger partial charge is 0.323 e. The highest BCUT2D eigenvalue weighted by molar-refractivity contribution is 6.35. The number of nitriles is 1. The first-order valence-corrected chi connectivity index (χ1v) is 6.07. The molecule has 6 nitrogen and oxygen atoms in total. The smallest absolute Gasteiger partial charge is 0.288 e. The summed E-state index contributed by atoms with van der Waals surface area (Å²) in [4.78, 5) is 23.8. The quantitative estimate of drug-likeness (QED) is 0.614. The Morgan fingerprint density at radius 1 is 1.58 bits per heavy atom. The maximum atomic E-state index is 12.3. The minimum atomic E-state index is -0.634. The van der Waals surface area contributed by atoms with Gasteiger partial charge in [0.1, 0.15) is 11.1 Å². The van der Waals surface area contributed by atoms with Crippen molar-refractivity contribution in [2.45, 2.75) is 18.9 Å². The lowest BCUT2D eigenvalue weighted by Crippen LogP contribution is -2.34. The lowest BCUT2D eigenvalue weighted by atomic mass is 10.1. The summed E-state index contributed by atoms with van der Waals surface area (Å²) in [6.45, 7) is 0.468. The maximum Gasteiger partial charge on any atom is 0.288 e. The first-order chi connectivity index (χ1) is 9.06. The molecule has 0 spiro atoms. The van der Waals surface area contributed by atoms with Gasteiger partial charge < -0.3 is 4.90 Å². The van der Waals surface area contributed by atoms with Crippen LogP contribution in [0.5, 0.6) is 0 Å². The number of carbonyl (C=O) groups is 1. The lowest BCUT2D eigenvalue weighted by molar-refractivity contribution is -0.384. The number of amides is 1. The molecule has 1 aliphatic rings. The molecule has 0 saturated carbocycles. The third-order valence-corrected chi connectivity index (χ3v) is 3.47. The molecular formula is C12H10ClN3O3. The zero-order valence-corrected chi connectivity index (χ0v) is 10.6. The first-order valence-electron chi connectivity index (χ1n) is 5.69. The van der Waals surface area contributed by atoms with Crippen LogP contribution in [0.25, 0.3) is 0 Å². The highest BCUT2D eigenvalue weighted by Crippen LogP contribution is 2.30. The highest BCUT2D eigenvalue weighted by Gasteiger charge is 2.31. The number of nitrogens with zero attached hydrogens (tertiary/aromatic N) is 3. The van der Waals surface area contributed by atoms with E-state index in [0.717, 1.165) is 6.42 Å². The fraction of sp³-hybridized carbons (Fsp3) is 0.333. The number of hydrogen-bond donors (Lipinski definition) is 0. The summed E-state index contributed by atoms with van der Waals surface area (Å²) in [5.74, 6) is -0.433. The van der Waals surface area contributed by atoms with Crippen molar-refractivity contribution in [3.05, 3.63) is 38.9 Å². The van der Waals surface area contributed by atoms with E-state index >= 15 is 0 Å². The molecule has 1 amide bonds. The molecule has 1 unspecified atom stereocenters. The van der Waals surface area contributed by atoms with Crippen molar-refractivity contribution in [2.75, 3.05) is 6.54 Å². The predicted octanol–water partition coefficient (Wildman–Crippen LogP) is 2.38. The van der Waals surface area contributed by atoms with Gasteiger partial charge in [0.15, 0.2) is 0 Å². The average molecular weight is 280 g/mol. The summed E-state index contributed by atoms with van der Waals surface area (Å²) in [7, 11) is 0. The third-order valence-electron chi connectivity index (χ3n) is 3.07. The van der Waals surface area contributed by atoms with Crippen molar-refractivity contribution in [1.29, 1.82) is 5.26 Å². The van der Waals surface area contributed by atoms with Crippen LogP contribution in [-0.2, 0) is 0 Å². The Bertz CT molecular complexity index is 582. The van der Waals surface area contributed by atoms with Crippen molar-refractivity contribution in [1.82, 2.24) is 4.90 Å². The normalized spacial score (nSPS) is 18.1. The molecule has 1 aromatic carbocycles. The molecule has 1 aromatic rings. The van der Waals surface area contributed by atoms with Crippen LogP contribution in [-0.4, -0.2) is 28.3 Å². The molecule has 0 radical (unpaired) electrons. The van der Waals surface area contributed by atoms with E-state index in [-0.39, 0.29) is 16.3 Å². The number of benzene rings is 1. The molecule has 1 heterocycles. The zero-order valence-electron chi connectivity index (χ0n) is 9.88. The van der Waals surface area contributed by atoms with Gasteiger partial charge >= 0.3 is 0 Å². The van der Waals surface area contributed by atoms with Crippen LogP contribution in [0.15, 0.2) is 18.2 Å². The van der Waals surface area contributed by atoms with Gasteiger partial charge in [0, 0.05) is 12.6 Å². The summed E-state index contributed by atoms with van der Waals surface area (Å²) >= 11 is 5.90. The predicted molar refractivity (Wildman–Crippen MR) is 67.8 cm³/mol. The van der Waals surface area contributed by atoms with Gasteiger partial charge in [-0.05, 0) is 18.9 Å². The second-order valence-corrected chi connectivity index (χ2v) is 4.56. The van der Waals surface area contributed by atoms with Gasteiger partial charge in [-0.1, -0.05) is 17.7 Å². The molecule has 19 heavy (non-hydrogen) atoms. The van der Waals surface area contributed by atoms with E-state index in [1.54, 1.807) is 0 Å². The lowest BCUT2D eigenvalue weighted by Gasteiger charge is -2.19. The van der Waals surface area contributed by atoms with Gasteiger partial charge in [-0.2, -0.15) is 5.26 Å². The van der Waals surface area contributed by atoms with Crippen LogP contribution in [0, 0.1) is 21.4 Å². The van der Waals surface area contributed by atoms with Gasteiger partial charge in [0.2, 0.25) is 0 Å². The average Bonchev–Trinajstić information content (AvgIpc) is 2.86.